The lowest BCUT2D eigenvalue weighted by Crippen LogP contribution is -2.63. The summed E-state index contributed by atoms with van der Waals surface area (Å²) in [6.07, 6.45) is 1.79. The van der Waals surface area contributed by atoms with Crippen LogP contribution in [0.4, 0.5) is 0 Å². The van der Waals surface area contributed by atoms with E-state index in [4.69, 9.17) is 14.2 Å². The highest BCUT2D eigenvalue weighted by Gasteiger charge is 2.72. The Balaban J connectivity index is 2.16. The molecule has 0 amide bonds. The topological polar surface area (TPSA) is 61.8 Å². The largest absolute Gasteiger partial charge is 0.431 e. The van der Waals surface area contributed by atoms with Gasteiger partial charge in [-0.15, -0.1) is 0 Å². The van der Waals surface area contributed by atoms with Gasteiger partial charge in [0, 0.05) is 20.0 Å². The number of carbonyl (C=O) groups excluding carboxylic acids is 2. The van der Waals surface area contributed by atoms with Crippen molar-refractivity contribution < 1.29 is 23.8 Å². The standard InChI is InChI=1S/C14H18O5/c1-7-9-6-18-14(17-4)11(9)10(19-8(2)15)5-13(7,3)12(14)16/h5,7,9,11H,6H2,1-4H3/t7-,9-,11-,13-,14-/m1/s1. The van der Waals surface area contributed by atoms with Crippen LogP contribution >= 0.6 is 0 Å². The average molecular weight is 266 g/mol. The van der Waals surface area contributed by atoms with Crippen LogP contribution in [-0.2, 0) is 23.8 Å². The van der Waals surface area contributed by atoms with Gasteiger partial charge in [-0.1, -0.05) is 6.92 Å². The smallest absolute Gasteiger partial charge is 0.307 e. The lowest BCUT2D eigenvalue weighted by molar-refractivity contribution is -0.229. The zero-order chi connectivity index (χ0) is 14.0. The van der Waals surface area contributed by atoms with Crippen LogP contribution in [-0.4, -0.2) is 31.3 Å². The summed E-state index contributed by atoms with van der Waals surface area (Å²) in [6.45, 7) is 5.73. The molecular weight excluding hydrogens is 248 g/mol. The van der Waals surface area contributed by atoms with Gasteiger partial charge in [0.2, 0.25) is 11.6 Å². The van der Waals surface area contributed by atoms with E-state index in [1.807, 2.05) is 13.8 Å². The summed E-state index contributed by atoms with van der Waals surface area (Å²) in [7, 11) is 1.47. The molecule has 1 saturated heterocycles. The van der Waals surface area contributed by atoms with E-state index in [9.17, 15) is 9.59 Å². The van der Waals surface area contributed by atoms with E-state index < -0.39 is 11.2 Å². The summed E-state index contributed by atoms with van der Waals surface area (Å²) in [5.41, 5.74) is -0.698. The fourth-order valence-electron chi connectivity index (χ4n) is 3.87. The van der Waals surface area contributed by atoms with Crippen LogP contribution in [0.3, 0.4) is 0 Å². The van der Waals surface area contributed by atoms with Crippen molar-refractivity contribution in [3.8, 4) is 0 Å². The minimum atomic E-state index is -1.27. The third kappa shape index (κ3) is 1.32. The predicted molar refractivity (Wildman–Crippen MR) is 64.8 cm³/mol. The van der Waals surface area contributed by atoms with Crippen molar-refractivity contribution in [3.63, 3.8) is 0 Å². The van der Waals surface area contributed by atoms with Crippen LogP contribution in [0.25, 0.3) is 0 Å². The number of rotatable bonds is 2. The second-order valence-electron chi connectivity index (χ2n) is 5.86. The van der Waals surface area contributed by atoms with Crippen molar-refractivity contribution >= 4 is 11.8 Å². The summed E-state index contributed by atoms with van der Waals surface area (Å²) in [4.78, 5) is 24.0. The number of carbonyl (C=O) groups is 2. The molecule has 1 aliphatic heterocycles. The summed E-state index contributed by atoms with van der Waals surface area (Å²) in [6, 6.07) is 0. The van der Waals surface area contributed by atoms with Crippen LogP contribution in [0.5, 0.6) is 0 Å². The molecule has 0 spiro atoms. The Hall–Kier alpha value is -1.20. The van der Waals surface area contributed by atoms with Crippen LogP contribution in [0.15, 0.2) is 11.8 Å². The van der Waals surface area contributed by atoms with Crippen molar-refractivity contribution in [2.24, 2.45) is 23.2 Å². The fraction of sp³-hybridized carbons (Fsp3) is 0.714. The molecular formula is C14H18O5. The van der Waals surface area contributed by atoms with Crippen LogP contribution in [0.1, 0.15) is 20.8 Å². The molecule has 4 aliphatic rings. The minimum Gasteiger partial charge on any atom is -0.431 e. The number of ketones is 1. The van der Waals surface area contributed by atoms with E-state index in [2.05, 4.69) is 0 Å². The molecule has 4 bridgehead atoms. The van der Waals surface area contributed by atoms with Gasteiger partial charge in [-0.25, -0.2) is 0 Å². The van der Waals surface area contributed by atoms with Crippen molar-refractivity contribution in [1.29, 1.82) is 0 Å². The molecule has 0 N–H and O–H groups in total. The molecule has 1 heterocycles. The summed E-state index contributed by atoms with van der Waals surface area (Å²) < 4.78 is 16.4. The van der Waals surface area contributed by atoms with Gasteiger partial charge in [0.25, 0.3) is 0 Å². The number of esters is 1. The average Bonchev–Trinajstić information content (AvgIpc) is 2.71. The Morgan fingerprint density at radius 3 is 2.79 bits per heavy atom. The molecule has 0 radical (unpaired) electrons. The number of Topliss-reactive ketones (excluding diaryl/α,β-unsaturated/α-hetero) is 1. The van der Waals surface area contributed by atoms with Crippen LogP contribution in [0, 0.1) is 23.2 Å². The van der Waals surface area contributed by atoms with Gasteiger partial charge in [-0.05, 0) is 18.9 Å². The summed E-state index contributed by atoms with van der Waals surface area (Å²) in [5.74, 6) is -1.22. The minimum absolute atomic E-state index is 0.0651. The van der Waals surface area contributed by atoms with Gasteiger partial charge in [-0.3, -0.25) is 9.59 Å². The SMILES string of the molecule is CO[C@@]12OC[C@@H]3[C@@H](C)[C@@](C)(C=C(OC(C)=O)[C@@H]31)C2=O. The Labute approximate surface area is 111 Å². The molecule has 4 rings (SSSR count). The highest BCUT2D eigenvalue weighted by Crippen LogP contribution is 2.62. The predicted octanol–water partition coefficient (Wildman–Crippen LogP) is 1.28. The Kier molecular flexibility index (Phi) is 2.48. The number of allylic oxidation sites excluding steroid dienone is 1. The maximum Gasteiger partial charge on any atom is 0.307 e. The normalized spacial score (nSPS) is 47.3. The first-order chi connectivity index (χ1) is 8.86. The number of hydrogen-bond donors (Lipinski definition) is 0. The van der Waals surface area contributed by atoms with Crippen molar-refractivity contribution in [1.82, 2.24) is 0 Å². The molecule has 104 valence electrons. The van der Waals surface area contributed by atoms with E-state index in [-0.39, 0.29) is 29.5 Å². The zero-order valence-electron chi connectivity index (χ0n) is 11.6. The Bertz CT molecular complexity index is 496. The van der Waals surface area contributed by atoms with E-state index >= 15 is 0 Å². The lowest BCUT2D eigenvalue weighted by Gasteiger charge is -2.52. The van der Waals surface area contributed by atoms with Crippen LogP contribution in [0.2, 0.25) is 0 Å². The van der Waals surface area contributed by atoms with Crippen LogP contribution < -0.4 is 0 Å². The highest BCUT2D eigenvalue weighted by atomic mass is 16.7. The van der Waals surface area contributed by atoms with Crippen molar-refractivity contribution in [2.45, 2.75) is 26.6 Å². The molecule has 5 heteroatoms. The monoisotopic (exact) mass is 266 g/mol. The first-order valence-corrected chi connectivity index (χ1v) is 6.52. The maximum absolute atomic E-state index is 12.7. The lowest BCUT2D eigenvalue weighted by atomic mass is 9.53. The van der Waals surface area contributed by atoms with E-state index in [0.717, 1.165) is 0 Å². The second-order valence-corrected chi connectivity index (χ2v) is 5.86. The molecule has 0 unspecified atom stereocenters. The van der Waals surface area contributed by atoms with Gasteiger partial charge in [0.15, 0.2) is 0 Å². The fourth-order valence-corrected chi connectivity index (χ4v) is 3.87. The third-order valence-electron chi connectivity index (χ3n) is 5.04. The molecule has 3 aliphatic carbocycles. The van der Waals surface area contributed by atoms with Gasteiger partial charge >= 0.3 is 5.97 Å². The van der Waals surface area contributed by atoms with Crippen molar-refractivity contribution in [2.75, 3.05) is 13.7 Å². The highest BCUT2D eigenvalue weighted by molar-refractivity contribution is 5.97. The molecule has 5 nitrogen and oxygen atoms in total. The maximum atomic E-state index is 12.7. The Morgan fingerprint density at radius 2 is 2.21 bits per heavy atom. The van der Waals surface area contributed by atoms with Gasteiger partial charge in [0.05, 0.1) is 17.9 Å². The van der Waals surface area contributed by atoms with Gasteiger partial charge in [0.1, 0.15) is 5.76 Å². The third-order valence-corrected chi connectivity index (χ3v) is 5.04. The molecule has 19 heavy (non-hydrogen) atoms. The molecule has 0 aromatic carbocycles. The molecule has 2 fully saturated rings. The molecule has 5 atom stereocenters. The van der Waals surface area contributed by atoms with E-state index in [1.165, 1.54) is 14.0 Å². The molecule has 1 saturated carbocycles. The first-order valence-electron chi connectivity index (χ1n) is 6.52. The zero-order valence-corrected chi connectivity index (χ0v) is 11.6. The van der Waals surface area contributed by atoms with Gasteiger partial charge < -0.3 is 14.2 Å². The van der Waals surface area contributed by atoms with Crippen molar-refractivity contribution in [3.05, 3.63) is 11.8 Å². The second kappa shape index (κ2) is 3.67. The quantitative estimate of drug-likeness (QED) is 0.704. The number of hydrogen-bond acceptors (Lipinski definition) is 5. The molecule has 0 aromatic heterocycles. The summed E-state index contributed by atoms with van der Waals surface area (Å²) in [5, 5.41) is 0. The van der Waals surface area contributed by atoms with E-state index in [1.54, 1.807) is 6.08 Å². The number of methoxy groups -OCH3 is 1. The van der Waals surface area contributed by atoms with E-state index in [0.29, 0.717) is 12.4 Å². The van der Waals surface area contributed by atoms with Gasteiger partial charge in [-0.2, -0.15) is 0 Å². The number of ether oxygens (including phenoxy) is 3. The Morgan fingerprint density at radius 1 is 1.53 bits per heavy atom. The summed E-state index contributed by atoms with van der Waals surface area (Å²) >= 11 is 0. The molecule has 0 aromatic rings. The first kappa shape index (κ1) is 12.8.